The molecule has 0 radical (unpaired) electrons. The molecular weight excluding hydrogens is 404 g/mol. The number of hydrogen-bond donors (Lipinski definition) is 0. The van der Waals surface area contributed by atoms with Crippen LogP contribution in [0.1, 0.15) is 33.9 Å². The predicted molar refractivity (Wildman–Crippen MR) is 109 cm³/mol. The molecule has 1 aliphatic rings. The third-order valence-electron chi connectivity index (χ3n) is 5.26. The van der Waals surface area contributed by atoms with E-state index in [4.69, 9.17) is 4.42 Å². The van der Waals surface area contributed by atoms with E-state index in [1.807, 2.05) is 44.3 Å². The van der Waals surface area contributed by atoms with E-state index in [1.54, 1.807) is 27.8 Å². The van der Waals surface area contributed by atoms with Crippen molar-refractivity contribution >= 4 is 11.6 Å². The first-order valence-electron chi connectivity index (χ1n) is 9.59. The van der Waals surface area contributed by atoms with Crippen molar-refractivity contribution in [3.05, 3.63) is 71.2 Å². The third kappa shape index (κ3) is 3.18. The van der Waals surface area contributed by atoms with Crippen molar-refractivity contribution in [2.24, 2.45) is 7.05 Å². The summed E-state index contributed by atoms with van der Waals surface area (Å²) in [6.07, 6.45) is -2.85. The molecule has 0 atom stereocenters. The summed E-state index contributed by atoms with van der Waals surface area (Å²) in [5, 5.41) is 11.4. The minimum atomic E-state index is -2.85. The summed E-state index contributed by atoms with van der Waals surface area (Å²) in [6.45, 7) is 2.32. The van der Waals surface area contributed by atoms with Gasteiger partial charge in [-0.25, -0.2) is 0 Å². The summed E-state index contributed by atoms with van der Waals surface area (Å²) < 4.78 is 32.3. The van der Waals surface area contributed by atoms with Crippen LogP contribution in [0.4, 0.5) is 14.5 Å². The van der Waals surface area contributed by atoms with E-state index < -0.39 is 12.3 Å². The van der Waals surface area contributed by atoms with Crippen molar-refractivity contribution in [2.75, 3.05) is 4.90 Å². The minimum Gasteiger partial charge on any atom is -0.415 e. The number of alkyl halides is 2. The highest BCUT2D eigenvalue weighted by molar-refractivity contribution is 6.12. The maximum Gasteiger partial charge on any atom is 0.314 e. The number of halogens is 2. The van der Waals surface area contributed by atoms with Crippen molar-refractivity contribution in [1.82, 2.24) is 20.0 Å². The fraction of sp³-hybridized carbons (Fsp3) is 0.182. The molecule has 0 aliphatic carbocycles. The van der Waals surface area contributed by atoms with Crippen molar-refractivity contribution in [2.45, 2.75) is 19.9 Å². The number of carbonyl (C=O) groups is 1. The largest absolute Gasteiger partial charge is 0.415 e. The standard InChI is InChI=1S/C22H17F2N5O2/c1-12-9-18(28(2)27-12)15-5-3-4-6-17(15)29-11-14-8-7-13(10-16(14)22(29)30)20-25-26-21(31-20)19(23)24/h3-10,19H,11H2,1-2H3. The van der Waals surface area contributed by atoms with E-state index in [-0.39, 0.29) is 11.8 Å². The van der Waals surface area contributed by atoms with Crippen molar-refractivity contribution < 1.29 is 18.0 Å². The molecule has 0 spiro atoms. The van der Waals surface area contributed by atoms with E-state index >= 15 is 0 Å². The summed E-state index contributed by atoms with van der Waals surface area (Å²) in [4.78, 5) is 15.0. The summed E-state index contributed by atoms with van der Waals surface area (Å²) in [7, 11) is 1.87. The van der Waals surface area contributed by atoms with Gasteiger partial charge < -0.3 is 9.32 Å². The van der Waals surface area contributed by atoms with Crippen LogP contribution >= 0.6 is 0 Å². The van der Waals surface area contributed by atoms with Gasteiger partial charge in [0, 0.05) is 23.7 Å². The second-order valence-corrected chi connectivity index (χ2v) is 7.32. The zero-order chi connectivity index (χ0) is 21.7. The number of amides is 1. The zero-order valence-corrected chi connectivity index (χ0v) is 16.7. The van der Waals surface area contributed by atoms with Crippen molar-refractivity contribution in [3.8, 4) is 22.7 Å². The van der Waals surface area contributed by atoms with Crippen LogP contribution in [0.3, 0.4) is 0 Å². The van der Waals surface area contributed by atoms with Crippen LogP contribution in [0, 0.1) is 6.92 Å². The molecule has 0 unspecified atom stereocenters. The molecule has 2 aromatic heterocycles. The molecule has 0 saturated carbocycles. The normalized spacial score (nSPS) is 13.3. The Morgan fingerprint density at radius 3 is 2.58 bits per heavy atom. The first-order valence-corrected chi connectivity index (χ1v) is 9.59. The number of aromatic nitrogens is 4. The third-order valence-corrected chi connectivity index (χ3v) is 5.26. The van der Waals surface area contributed by atoms with E-state index in [2.05, 4.69) is 15.3 Å². The Labute approximate surface area is 175 Å². The first kappa shape index (κ1) is 19.1. The van der Waals surface area contributed by atoms with E-state index in [1.165, 1.54) is 0 Å². The number of anilines is 1. The fourth-order valence-electron chi connectivity index (χ4n) is 3.86. The molecule has 7 nitrogen and oxygen atoms in total. The number of para-hydroxylation sites is 1. The molecule has 4 aromatic rings. The highest BCUT2D eigenvalue weighted by Crippen LogP contribution is 2.37. The van der Waals surface area contributed by atoms with Crippen LogP contribution in [0.2, 0.25) is 0 Å². The van der Waals surface area contributed by atoms with Gasteiger partial charge in [-0.2, -0.15) is 13.9 Å². The quantitative estimate of drug-likeness (QED) is 0.483. The lowest BCUT2D eigenvalue weighted by atomic mass is 10.1. The molecule has 1 amide bonds. The van der Waals surface area contributed by atoms with Gasteiger partial charge in [-0.15, -0.1) is 10.2 Å². The van der Waals surface area contributed by atoms with Crippen molar-refractivity contribution in [3.63, 3.8) is 0 Å². The molecule has 5 rings (SSSR count). The summed E-state index contributed by atoms with van der Waals surface area (Å²) in [5.74, 6) is -0.976. The van der Waals surface area contributed by atoms with Gasteiger partial charge in [-0.05, 0) is 36.8 Å². The van der Waals surface area contributed by atoms with Crippen LogP contribution in [0.15, 0.2) is 52.9 Å². The van der Waals surface area contributed by atoms with Gasteiger partial charge in [0.2, 0.25) is 5.89 Å². The molecule has 2 aromatic carbocycles. The molecule has 0 bridgehead atoms. The van der Waals surface area contributed by atoms with Gasteiger partial charge in [0.1, 0.15) is 0 Å². The summed E-state index contributed by atoms with van der Waals surface area (Å²) in [5.41, 5.74) is 5.18. The molecular formula is C22H17F2N5O2. The minimum absolute atomic E-state index is 0.0462. The highest BCUT2D eigenvalue weighted by Gasteiger charge is 2.31. The maximum atomic E-state index is 13.3. The number of hydrogen-bond acceptors (Lipinski definition) is 5. The Kier molecular flexibility index (Phi) is 4.39. The molecule has 0 saturated heterocycles. The Hall–Kier alpha value is -3.88. The molecule has 0 N–H and O–H groups in total. The fourth-order valence-corrected chi connectivity index (χ4v) is 3.86. The van der Waals surface area contributed by atoms with Crippen molar-refractivity contribution in [1.29, 1.82) is 0 Å². The second-order valence-electron chi connectivity index (χ2n) is 7.32. The number of nitrogens with zero attached hydrogens (tertiary/aromatic N) is 5. The highest BCUT2D eigenvalue weighted by atomic mass is 19.3. The maximum absolute atomic E-state index is 13.3. The zero-order valence-electron chi connectivity index (χ0n) is 16.7. The SMILES string of the molecule is Cc1cc(-c2ccccc2N2Cc3ccc(-c4nnc(C(F)F)o4)cc3C2=O)n(C)n1. The Morgan fingerprint density at radius 2 is 1.87 bits per heavy atom. The Balaban J connectivity index is 1.52. The molecule has 31 heavy (non-hydrogen) atoms. The number of benzene rings is 2. The van der Waals surface area contributed by atoms with Crippen LogP contribution in [-0.2, 0) is 13.6 Å². The van der Waals surface area contributed by atoms with Crippen LogP contribution in [0.25, 0.3) is 22.7 Å². The molecule has 9 heteroatoms. The van der Waals surface area contributed by atoms with Gasteiger partial charge in [0.05, 0.1) is 23.6 Å². The van der Waals surface area contributed by atoms with E-state index in [0.29, 0.717) is 17.7 Å². The lowest BCUT2D eigenvalue weighted by Gasteiger charge is -2.19. The number of rotatable bonds is 4. The average molecular weight is 421 g/mol. The molecule has 156 valence electrons. The molecule has 3 heterocycles. The van der Waals surface area contributed by atoms with Crippen LogP contribution < -0.4 is 4.90 Å². The van der Waals surface area contributed by atoms with Gasteiger partial charge in [0.25, 0.3) is 11.8 Å². The topological polar surface area (TPSA) is 77.0 Å². The second kappa shape index (κ2) is 7.12. The van der Waals surface area contributed by atoms with Crippen LogP contribution in [-0.4, -0.2) is 25.9 Å². The van der Waals surface area contributed by atoms with Gasteiger partial charge in [-0.1, -0.05) is 24.3 Å². The van der Waals surface area contributed by atoms with Gasteiger partial charge in [0.15, 0.2) is 0 Å². The molecule has 0 fully saturated rings. The van der Waals surface area contributed by atoms with E-state index in [9.17, 15) is 13.6 Å². The van der Waals surface area contributed by atoms with Crippen LogP contribution in [0.5, 0.6) is 0 Å². The summed E-state index contributed by atoms with van der Waals surface area (Å²) in [6, 6.07) is 14.7. The lowest BCUT2D eigenvalue weighted by Crippen LogP contribution is -2.23. The van der Waals surface area contributed by atoms with E-state index in [0.717, 1.165) is 28.2 Å². The monoisotopic (exact) mass is 421 g/mol. The van der Waals surface area contributed by atoms with Gasteiger partial charge in [-0.3, -0.25) is 9.48 Å². The summed E-state index contributed by atoms with van der Waals surface area (Å²) >= 11 is 0. The Bertz CT molecular complexity index is 1310. The number of aryl methyl sites for hydroxylation is 2. The Morgan fingerprint density at radius 1 is 1.06 bits per heavy atom. The molecule has 1 aliphatic heterocycles. The first-order chi connectivity index (χ1) is 14.9. The van der Waals surface area contributed by atoms with Gasteiger partial charge >= 0.3 is 6.43 Å². The predicted octanol–water partition coefficient (Wildman–Crippen LogP) is 4.54. The number of fused-ring (bicyclic) bond motifs is 1. The lowest BCUT2D eigenvalue weighted by molar-refractivity contribution is 0.0996. The average Bonchev–Trinajstić information content (AvgIpc) is 3.45. The smallest absolute Gasteiger partial charge is 0.314 e. The number of carbonyl (C=O) groups excluding carboxylic acids is 1.